The van der Waals surface area contributed by atoms with Gasteiger partial charge in [-0.25, -0.2) is 0 Å². The Bertz CT molecular complexity index is 132. The van der Waals surface area contributed by atoms with Crippen LogP contribution in [-0.4, -0.2) is 57.0 Å². The predicted molar refractivity (Wildman–Crippen MR) is 58.1 cm³/mol. The third kappa shape index (κ3) is 8.12. The molecule has 0 aromatic carbocycles. The lowest BCUT2D eigenvalue weighted by Gasteiger charge is -2.20. The summed E-state index contributed by atoms with van der Waals surface area (Å²) in [5.74, 6) is 0. The molecule has 0 aromatic heterocycles. The third-order valence-corrected chi connectivity index (χ3v) is 1.93. The van der Waals surface area contributed by atoms with Gasteiger partial charge in [0.05, 0.1) is 0 Å². The van der Waals surface area contributed by atoms with Gasteiger partial charge in [-0.3, -0.25) is 0 Å². The van der Waals surface area contributed by atoms with Crippen LogP contribution in [0.3, 0.4) is 0 Å². The average molecular weight is 202 g/mol. The molecule has 5 nitrogen and oxygen atoms in total. The Kier molecular flexibility index (Phi) is 10.2. The lowest BCUT2D eigenvalue weighted by atomic mass is 10.4. The highest BCUT2D eigenvalue weighted by atomic mass is 16.1. The fraction of sp³-hybridized carbons (Fsp3) is 0.889. The Balaban J connectivity index is 3.45. The number of nitrogens with one attached hydrogen (secondary N) is 1. The summed E-state index contributed by atoms with van der Waals surface area (Å²) in [5, 5.41) is 3.20. The van der Waals surface area contributed by atoms with E-state index in [1.165, 1.54) is 0 Å². The van der Waals surface area contributed by atoms with Crippen LogP contribution in [0.5, 0.6) is 0 Å². The summed E-state index contributed by atoms with van der Waals surface area (Å²) >= 11 is 0. The largest absolute Gasteiger partial charge is 0.329 e. The fourth-order valence-electron chi connectivity index (χ4n) is 1.22. The van der Waals surface area contributed by atoms with Gasteiger partial charge in [-0.15, -0.1) is 0 Å². The van der Waals surface area contributed by atoms with Crippen molar-refractivity contribution in [2.45, 2.75) is 6.42 Å². The van der Waals surface area contributed by atoms with Crippen molar-refractivity contribution in [1.29, 1.82) is 0 Å². The van der Waals surface area contributed by atoms with Gasteiger partial charge in [-0.05, 0) is 0 Å². The zero-order valence-corrected chi connectivity index (χ0v) is 8.74. The Morgan fingerprint density at radius 2 is 1.86 bits per heavy atom. The molecule has 0 rings (SSSR count). The molecular formula is C9H22N4O. The monoisotopic (exact) mass is 202 g/mol. The zero-order valence-electron chi connectivity index (χ0n) is 8.74. The zero-order chi connectivity index (χ0) is 10.6. The Morgan fingerprint density at radius 3 is 2.43 bits per heavy atom. The summed E-state index contributed by atoms with van der Waals surface area (Å²) in [7, 11) is 0. The van der Waals surface area contributed by atoms with Gasteiger partial charge in [0.2, 0.25) is 0 Å². The molecule has 0 heterocycles. The highest BCUT2D eigenvalue weighted by Crippen LogP contribution is 1.87. The van der Waals surface area contributed by atoms with E-state index < -0.39 is 0 Å². The van der Waals surface area contributed by atoms with Crippen molar-refractivity contribution in [3.8, 4) is 0 Å². The van der Waals surface area contributed by atoms with E-state index in [1.54, 1.807) is 0 Å². The minimum atomic E-state index is 0.580. The van der Waals surface area contributed by atoms with E-state index in [-0.39, 0.29) is 0 Å². The molecule has 0 aliphatic carbocycles. The van der Waals surface area contributed by atoms with Gasteiger partial charge in [0.25, 0.3) is 0 Å². The van der Waals surface area contributed by atoms with Gasteiger partial charge < -0.3 is 26.5 Å². The second kappa shape index (κ2) is 10.6. The van der Waals surface area contributed by atoms with E-state index in [2.05, 4.69) is 10.2 Å². The molecule has 0 atom stereocenters. The molecule has 0 bridgehead atoms. The van der Waals surface area contributed by atoms with Crippen LogP contribution in [0.15, 0.2) is 0 Å². The minimum Gasteiger partial charge on any atom is -0.329 e. The molecule has 0 aliphatic rings. The second-order valence-corrected chi connectivity index (χ2v) is 3.12. The molecule has 0 radical (unpaired) electrons. The standard InChI is InChI=1S/C9H22N4O/c10-2-4-12-5-8-13(7-3-11)6-1-9-14/h9,12H,1-8,10-11H2. The SMILES string of the molecule is NCCNCCN(CCN)CCC=O. The Hall–Kier alpha value is -0.490. The molecule has 0 amide bonds. The Morgan fingerprint density at radius 1 is 1.07 bits per heavy atom. The summed E-state index contributed by atoms with van der Waals surface area (Å²) < 4.78 is 0. The predicted octanol–water partition coefficient (Wildman–Crippen LogP) is -1.62. The fourth-order valence-corrected chi connectivity index (χ4v) is 1.22. The van der Waals surface area contributed by atoms with Crippen molar-refractivity contribution in [3.63, 3.8) is 0 Å². The van der Waals surface area contributed by atoms with Gasteiger partial charge in [0.1, 0.15) is 6.29 Å². The number of carbonyl (C=O) groups excluding carboxylic acids is 1. The minimum absolute atomic E-state index is 0.580. The Labute approximate surface area is 85.8 Å². The van der Waals surface area contributed by atoms with Crippen LogP contribution in [0.25, 0.3) is 0 Å². The van der Waals surface area contributed by atoms with Gasteiger partial charge in [0.15, 0.2) is 0 Å². The number of hydrogen-bond acceptors (Lipinski definition) is 5. The third-order valence-electron chi connectivity index (χ3n) is 1.93. The maximum Gasteiger partial charge on any atom is 0.121 e. The molecule has 0 fully saturated rings. The number of rotatable bonds is 10. The lowest BCUT2D eigenvalue weighted by molar-refractivity contribution is -0.108. The molecule has 0 aromatic rings. The second-order valence-electron chi connectivity index (χ2n) is 3.12. The number of nitrogens with two attached hydrogens (primary N) is 2. The molecule has 14 heavy (non-hydrogen) atoms. The summed E-state index contributed by atoms with van der Waals surface area (Å²) in [4.78, 5) is 12.4. The quantitative estimate of drug-likeness (QED) is 0.293. The summed E-state index contributed by atoms with van der Waals surface area (Å²) in [6, 6.07) is 0. The van der Waals surface area contributed by atoms with E-state index in [4.69, 9.17) is 11.5 Å². The van der Waals surface area contributed by atoms with Crippen molar-refractivity contribution in [3.05, 3.63) is 0 Å². The molecule has 84 valence electrons. The van der Waals surface area contributed by atoms with E-state index in [0.717, 1.165) is 39.0 Å². The van der Waals surface area contributed by atoms with Gasteiger partial charge in [-0.1, -0.05) is 0 Å². The topological polar surface area (TPSA) is 84.4 Å². The van der Waals surface area contributed by atoms with Gasteiger partial charge in [-0.2, -0.15) is 0 Å². The lowest BCUT2D eigenvalue weighted by Crippen LogP contribution is -2.37. The van der Waals surface area contributed by atoms with Crippen molar-refractivity contribution in [2.24, 2.45) is 11.5 Å². The molecular weight excluding hydrogens is 180 g/mol. The van der Waals surface area contributed by atoms with Crippen LogP contribution in [0.2, 0.25) is 0 Å². The number of hydrogen-bond donors (Lipinski definition) is 3. The molecule has 0 unspecified atom stereocenters. The van der Waals surface area contributed by atoms with Crippen LogP contribution < -0.4 is 16.8 Å². The average Bonchev–Trinajstić information content (AvgIpc) is 2.20. The van der Waals surface area contributed by atoms with E-state index in [1.807, 2.05) is 0 Å². The van der Waals surface area contributed by atoms with Crippen LogP contribution in [0.4, 0.5) is 0 Å². The first-order valence-corrected chi connectivity index (χ1v) is 5.12. The summed E-state index contributed by atoms with van der Waals surface area (Å²) in [5.41, 5.74) is 10.8. The van der Waals surface area contributed by atoms with Crippen molar-refractivity contribution in [1.82, 2.24) is 10.2 Å². The van der Waals surface area contributed by atoms with Crippen molar-refractivity contribution >= 4 is 6.29 Å². The van der Waals surface area contributed by atoms with Gasteiger partial charge in [0, 0.05) is 52.2 Å². The molecule has 0 saturated carbocycles. The van der Waals surface area contributed by atoms with Crippen molar-refractivity contribution in [2.75, 3.05) is 45.8 Å². The first-order chi connectivity index (χ1) is 6.85. The van der Waals surface area contributed by atoms with E-state index in [9.17, 15) is 4.79 Å². The summed E-state index contributed by atoms with van der Waals surface area (Å²) in [6.45, 7) is 5.59. The van der Waals surface area contributed by atoms with Crippen LogP contribution in [0, 0.1) is 0 Å². The summed E-state index contributed by atoms with van der Waals surface area (Å²) in [6.07, 6.45) is 1.52. The van der Waals surface area contributed by atoms with Gasteiger partial charge >= 0.3 is 0 Å². The first kappa shape index (κ1) is 13.5. The molecule has 0 saturated heterocycles. The number of aldehydes is 1. The molecule has 0 aliphatic heterocycles. The van der Waals surface area contributed by atoms with Crippen LogP contribution >= 0.6 is 0 Å². The highest BCUT2D eigenvalue weighted by molar-refractivity contribution is 5.49. The molecule has 0 spiro atoms. The maximum atomic E-state index is 10.2. The first-order valence-electron chi connectivity index (χ1n) is 5.12. The smallest absolute Gasteiger partial charge is 0.121 e. The van der Waals surface area contributed by atoms with E-state index in [0.29, 0.717) is 19.5 Å². The highest BCUT2D eigenvalue weighted by Gasteiger charge is 2.01. The maximum absolute atomic E-state index is 10.2. The number of carbonyl (C=O) groups is 1. The van der Waals surface area contributed by atoms with Crippen molar-refractivity contribution < 1.29 is 4.79 Å². The number of nitrogens with zero attached hydrogens (tertiary/aromatic N) is 1. The van der Waals surface area contributed by atoms with Crippen LogP contribution in [0.1, 0.15) is 6.42 Å². The molecule has 5 N–H and O–H groups in total. The normalized spacial score (nSPS) is 10.8. The van der Waals surface area contributed by atoms with E-state index >= 15 is 0 Å². The molecule has 5 heteroatoms. The van der Waals surface area contributed by atoms with Crippen LogP contribution in [-0.2, 0) is 4.79 Å².